The molecule has 1 aliphatic carbocycles. The predicted molar refractivity (Wildman–Crippen MR) is 48.6 cm³/mol. The second kappa shape index (κ2) is 3.90. The Morgan fingerprint density at radius 1 is 1.50 bits per heavy atom. The highest BCUT2D eigenvalue weighted by atomic mass is 16.5. The number of Topliss-reactive ketones (excluding diaryl/α,β-unsaturated/α-hetero) is 2. The fraction of sp³-hybridized carbons (Fsp3) is 0.700. The summed E-state index contributed by atoms with van der Waals surface area (Å²) < 4.78 is 4.60. The number of hydrogen-bond donors (Lipinski definition) is 0. The maximum atomic E-state index is 11.6. The molecule has 14 heavy (non-hydrogen) atoms. The van der Waals surface area contributed by atoms with Gasteiger partial charge in [0.1, 0.15) is 11.2 Å². The Morgan fingerprint density at radius 3 is 2.50 bits per heavy atom. The molecule has 1 fully saturated rings. The van der Waals surface area contributed by atoms with E-state index in [1.54, 1.807) is 0 Å². The molecule has 0 spiro atoms. The van der Waals surface area contributed by atoms with Crippen molar-refractivity contribution in [2.45, 2.75) is 32.6 Å². The van der Waals surface area contributed by atoms with Gasteiger partial charge >= 0.3 is 5.97 Å². The number of carbonyl (C=O) groups is 3. The number of ether oxygens (including phenoxy) is 1. The summed E-state index contributed by atoms with van der Waals surface area (Å²) in [5.74, 6) is -0.861. The topological polar surface area (TPSA) is 60.4 Å². The molecule has 0 saturated heterocycles. The predicted octanol–water partition coefficient (Wildman–Crippen LogP) is 0.878. The van der Waals surface area contributed by atoms with Crippen LogP contribution in [-0.2, 0) is 19.1 Å². The van der Waals surface area contributed by atoms with E-state index in [1.807, 2.05) is 0 Å². The minimum atomic E-state index is -1.17. The number of esters is 1. The van der Waals surface area contributed by atoms with Gasteiger partial charge in [-0.05, 0) is 19.8 Å². The summed E-state index contributed by atoms with van der Waals surface area (Å²) in [5, 5.41) is 0. The van der Waals surface area contributed by atoms with Crippen LogP contribution in [0.25, 0.3) is 0 Å². The molecule has 0 amide bonds. The van der Waals surface area contributed by atoms with Gasteiger partial charge in [0.2, 0.25) is 0 Å². The summed E-state index contributed by atoms with van der Waals surface area (Å²) in [7, 11) is 1.25. The molecule has 0 aromatic rings. The average Bonchev–Trinajstić information content (AvgIpc) is 2.47. The van der Waals surface area contributed by atoms with Crippen molar-refractivity contribution in [2.24, 2.45) is 5.41 Å². The Labute approximate surface area is 82.6 Å². The fourth-order valence-electron chi connectivity index (χ4n) is 2.02. The van der Waals surface area contributed by atoms with E-state index in [4.69, 9.17) is 0 Å². The second-order valence-electron chi connectivity index (χ2n) is 3.73. The molecule has 0 bridgehead atoms. The van der Waals surface area contributed by atoms with Crippen molar-refractivity contribution in [3.05, 3.63) is 0 Å². The van der Waals surface area contributed by atoms with E-state index < -0.39 is 11.4 Å². The van der Waals surface area contributed by atoms with Crippen molar-refractivity contribution in [2.75, 3.05) is 7.11 Å². The van der Waals surface area contributed by atoms with Gasteiger partial charge in [0.15, 0.2) is 5.78 Å². The third kappa shape index (κ3) is 1.69. The minimum Gasteiger partial charge on any atom is -0.468 e. The number of rotatable bonds is 3. The van der Waals surface area contributed by atoms with Gasteiger partial charge in [-0.25, -0.2) is 0 Å². The number of hydrogen-bond acceptors (Lipinski definition) is 4. The van der Waals surface area contributed by atoms with E-state index >= 15 is 0 Å². The van der Waals surface area contributed by atoms with Crippen LogP contribution in [0.5, 0.6) is 0 Å². The summed E-state index contributed by atoms with van der Waals surface area (Å²) in [4.78, 5) is 34.1. The van der Waals surface area contributed by atoms with Gasteiger partial charge in [0.05, 0.1) is 7.11 Å². The van der Waals surface area contributed by atoms with Crippen LogP contribution < -0.4 is 0 Å². The van der Waals surface area contributed by atoms with Crippen LogP contribution in [0.3, 0.4) is 0 Å². The average molecular weight is 198 g/mol. The van der Waals surface area contributed by atoms with Gasteiger partial charge in [0.25, 0.3) is 0 Å². The molecular formula is C10H14O4. The third-order valence-corrected chi connectivity index (χ3v) is 2.67. The first-order valence-electron chi connectivity index (χ1n) is 4.64. The molecule has 78 valence electrons. The Kier molecular flexibility index (Phi) is 3.03. The van der Waals surface area contributed by atoms with E-state index in [1.165, 1.54) is 14.0 Å². The van der Waals surface area contributed by atoms with Crippen LogP contribution in [0.2, 0.25) is 0 Å². The molecule has 1 aliphatic rings. The van der Waals surface area contributed by atoms with Crippen LogP contribution in [0, 0.1) is 5.41 Å². The molecule has 0 aromatic carbocycles. The standard InChI is InChI=1S/C10H14O4/c1-7(11)6-10(9(13)14-2)5-3-4-8(10)12/h3-6H2,1-2H3. The molecule has 0 aromatic heterocycles. The zero-order valence-corrected chi connectivity index (χ0v) is 8.46. The minimum absolute atomic E-state index is 0.0154. The van der Waals surface area contributed by atoms with Gasteiger partial charge < -0.3 is 4.74 Å². The molecule has 1 unspecified atom stereocenters. The molecule has 1 rings (SSSR count). The summed E-state index contributed by atoms with van der Waals surface area (Å²) in [6.07, 6.45) is 1.47. The summed E-state index contributed by atoms with van der Waals surface area (Å²) in [6.45, 7) is 1.39. The number of carbonyl (C=O) groups excluding carboxylic acids is 3. The molecule has 1 atom stereocenters. The second-order valence-corrected chi connectivity index (χ2v) is 3.73. The van der Waals surface area contributed by atoms with Crippen molar-refractivity contribution in [3.8, 4) is 0 Å². The molecule has 0 aliphatic heterocycles. The number of methoxy groups -OCH3 is 1. The Morgan fingerprint density at radius 2 is 2.14 bits per heavy atom. The molecule has 4 nitrogen and oxygen atoms in total. The third-order valence-electron chi connectivity index (χ3n) is 2.67. The van der Waals surface area contributed by atoms with Gasteiger partial charge in [-0.2, -0.15) is 0 Å². The number of ketones is 2. The molecule has 4 heteroatoms. The lowest BCUT2D eigenvalue weighted by atomic mass is 9.80. The maximum Gasteiger partial charge on any atom is 0.319 e. The SMILES string of the molecule is COC(=O)C1(CC(C)=O)CCCC1=O. The first kappa shape index (κ1) is 10.9. The Bertz CT molecular complexity index is 282. The van der Waals surface area contributed by atoms with Gasteiger partial charge in [-0.3, -0.25) is 14.4 Å². The molecule has 0 radical (unpaired) electrons. The highest BCUT2D eigenvalue weighted by Crippen LogP contribution is 2.39. The van der Waals surface area contributed by atoms with E-state index in [-0.39, 0.29) is 18.0 Å². The first-order chi connectivity index (χ1) is 6.53. The first-order valence-corrected chi connectivity index (χ1v) is 4.64. The zero-order valence-electron chi connectivity index (χ0n) is 8.46. The van der Waals surface area contributed by atoms with Gasteiger partial charge in [0, 0.05) is 12.8 Å². The fourth-order valence-corrected chi connectivity index (χ4v) is 2.02. The molecule has 0 N–H and O–H groups in total. The Balaban J connectivity index is 2.95. The summed E-state index contributed by atoms with van der Waals surface area (Å²) in [6, 6.07) is 0. The molecule has 1 saturated carbocycles. The van der Waals surface area contributed by atoms with E-state index in [9.17, 15) is 14.4 Å². The highest BCUT2D eigenvalue weighted by Gasteiger charge is 2.50. The van der Waals surface area contributed by atoms with Crippen molar-refractivity contribution < 1.29 is 19.1 Å². The van der Waals surface area contributed by atoms with Crippen LogP contribution >= 0.6 is 0 Å². The van der Waals surface area contributed by atoms with Crippen LogP contribution in [0.4, 0.5) is 0 Å². The van der Waals surface area contributed by atoms with E-state index in [0.717, 1.165) is 0 Å². The van der Waals surface area contributed by atoms with E-state index in [2.05, 4.69) is 4.74 Å². The van der Waals surface area contributed by atoms with Crippen molar-refractivity contribution >= 4 is 17.5 Å². The normalized spacial score (nSPS) is 26.3. The van der Waals surface area contributed by atoms with E-state index in [0.29, 0.717) is 19.3 Å². The lowest BCUT2D eigenvalue weighted by molar-refractivity contribution is -0.158. The molecule has 0 heterocycles. The zero-order chi connectivity index (χ0) is 10.8. The van der Waals surface area contributed by atoms with Crippen LogP contribution in [0.15, 0.2) is 0 Å². The lowest BCUT2D eigenvalue weighted by Gasteiger charge is -2.22. The Hall–Kier alpha value is -1.19. The summed E-state index contributed by atoms with van der Waals surface area (Å²) >= 11 is 0. The maximum absolute atomic E-state index is 11.6. The van der Waals surface area contributed by atoms with Crippen molar-refractivity contribution in [3.63, 3.8) is 0 Å². The van der Waals surface area contributed by atoms with Crippen molar-refractivity contribution in [1.82, 2.24) is 0 Å². The monoisotopic (exact) mass is 198 g/mol. The smallest absolute Gasteiger partial charge is 0.319 e. The summed E-state index contributed by atoms with van der Waals surface area (Å²) in [5.41, 5.74) is -1.17. The van der Waals surface area contributed by atoms with Gasteiger partial charge in [-0.15, -0.1) is 0 Å². The van der Waals surface area contributed by atoms with Gasteiger partial charge in [-0.1, -0.05) is 0 Å². The van der Waals surface area contributed by atoms with Crippen LogP contribution in [-0.4, -0.2) is 24.6 Å². The largest absolute Gasteiger partial charge is 0.468 e. The molecular weight excluding hydrogens is 184 g/mol. The lowest BCUT2D eigenvalue weighted by Crippen LogP contribution is -2.38. The van der Waals surface area contributed by atoms with Crippen LogP contribution in [0.1, 0.15) is 32.6 Å². The highest BCUT2D eigenvalue weighted by molar-refractivity contribution is 6.08. The quantitative estimate of drug-likeness (QED) is 0.499. The van der Waals surface area contributed by atoms with Crippen molar-refractivity contribution in [1.29, 1.82) is 0 Å².